The second-order valence-corrected chi connectivity index (χ2v) is 11.8. The molecule has 1 spiro atoms. The van der Waals surface area contributed by atoms with Gasteiger partial charge in [0.25, 0.3) is 0 Å². The van der Waals surface area contributed by atoms with Gasteiger partial charge in [0.2, 0.25) is 0 Å². The van der Waals surface area contributed by atoms with E-state index in [-0.39, 0.29) is 24.3 Å². The minimum Gasteiger partial charge on any atom is -0.354 e. The molecule has 37 heavy (non-hydrogen) atoms. The number of hydrogen-bond donors (Lipinski definition) is 0. The first-order chi connectivity index (χ1) is 17.7. The Morgan fingerprint density at radius 1 is 1.05 bits per heavy atom. The Balaban J connectivity index is 1.11. The molecule has 1 aromatic carbocycles. The average Bonchev–Trinajstić information content (AvgIpc) is 3.06. The van der Waals surface area contributed by atoms with Gasteiger partial charge in [0.05, 0.1) is 30.0 Å². The largest absolute Gasteiger partial charge is 0.391 e. The van der Waals surface area contributed by atoms with Crippen LogP contribution in [-0.4, -0.2) is 54.9 Å². The molecule has 2 aliphatic carbocycles. The summed E-state index contributed by atoms with van der Waals surface area (Å²) in [5.74, 6) is 1.74. The standard InChI is InChI=1S/C26H27ClF3N7/c1-15-9-31-10-22(32-15)36-13-25(14-36)7-17(8-25)24-34-33-23-12-35(20-5-18(6-20)26(28,29)30)11-16-4-19(27)2-3-21(16)37(23)24/h2-4,9-10,17-18,20H,5-8,11-14H2,1H3. The summed E-state index contributed by atoms with van der Waals surface area (Å²) in [7, 11) is 0. The second-order valence-electron chi connectivity index (χ2n) is 11.3. The normalized spacial score (nSPS) is 25.1. The maximum atomic E-state index is 13.2. The molecule has 2 aromatic heterocycles. The Morgan fingerprint density at radius 3 is 2.57 bits per heavy atom. The lowest BCUT2D eigenvalue weighted by Crippen LogP contribution is -2.62. The van der Waals surface area contributed by atoms with Crippen LogP contribution >= 0.6 is 11.6 Å². The van der Waals surface area contributed by atoms with E-state index in [9.17, 15) is 13.2 Å². The third-order valence-electron chi connectivity index (χ3n) is 8.69. The molecule has 7 rings (SSSR count). The zero-order chi connectivity index (χ0) is 25.5. The lowest BCUT2D eigenvalue weighted by atomic mass is 9.57. The van der Waals surface area contributed by atoms with Crippen molar-refractivity contribution in [2.24, 2.45) is 11.3 Å². The van der Waals surface area contributed by atoms with E-state index in [0.29, 0.717) is 24.0 Å². The molecule has 0 bridgehead atoms. The molecule has 4 heterocycles. The molecule has 0 N–H and O–H groups in total. The Bertz CT molecular complexity index is 1350. The van der Waals surface area contributed by atoms with Crippen molar-refractivity contribution < 1.29 is 13.2 Å². The molecule has 0 unspecified atom stereocenters. The minimum absolute atomic E-state index is 0.122. The Morgan fingerprint density at radius 2 is 1.84 bits per heavy atom. The number of halogens is 4. The van der Waals surface area contributed by atoms with Crippen LogP contribution in [0.3, 0.4) is 0 Å². The van der Waals surface area contributed by atoms with E-state index in [4.69, 9.17) is 11.6 Å². The van der Waals surface area contributed by atoms with Crippen LogP contribution in [0.15, 0.2) is 30.6 Å². The molecule has 0 radical (unpaired) electrons. The van der Waals surface area contributed by atoms with Crippen molar-refractivity contribution in [3.05, 3.63) is 58.5 Å². The van der Waals surface area contributed by atoms with Crippen molar-refractivity contribution in [2.45, 2.75) is 63.8 Å². The van der Waals surface area contributed by atoms with Crippen LogP contribution in [0.5, 0.6) is 0 Å². The number of benzene rings is 1. The third-order valence-corrected chi connectivity index (χ3v) is 8.93. The lowest BCUT2D eigenvalue weighted by molar-refractivity contribution is -0.207. The van der Waals surface area contributed by atoms with Gasteiger partial charge in [0, 0.05) is 48.2 Å². The highest BCUT2D eigenvalue weighted by atomic mass is 35.5. The SMILES string of the molecule is Cc1cncc(N2CC3(CC(c4nnc5n4-c4ccc(Cl)cc4CN(C4CC(C(F)(F)F)C4)C5)C3)C2)n1. The van der Waals surface area contributed by atoms with Crippen LogP contribution in [0.25, 0.3) is 5.69 Å². The lowest BCUT2D eigenvalue weighted by Gasteiger charge is -2.59. The summed E-state index contributed by atoms with van der Waals surface area (Å²) in [6, 6.07) is 5.66. The summed E-state index contributed by atoms with van der Waals surface area (Å²) in [5, 5.41) is 9.80. The van der Waals surface area contributed by atoms with Gasteiger partial charge in [-0.05, 0) is 56.4 Å². The van der Waals surface area contributed by atoms with E-state index in [1.807, 2.05) is 31.3 Å². The van der Waals surface area contributed by atoms with Gasteiger partial charge in [0.15, 0.2) is 5.82 Å². The number of aryl methyl sites for hydroxylation is 1. The fraction of sp³-hybridized carbons (Fsp3) is 0.538. The van der Waals surface area contributed by atoms with Gasteiger partial charge in [-0.2, -0.15) is 13.2 Å². The van der Waals surface area contributed by atoms with E-state index < -0.39 is 12.1 Å². The van der Waals surface area contributed by atoms with E-state index in [2.05, 4.69) is 34.5 Å². The Kier molecular flexibility index (Phi) is 5.15. The number of rotatable bonds is 3. The van der Waals surface area contributed by atoms with Crippen LogP contribution in [0.2, 0.25) is 5.02 Å². The highest BCUT2D eigenvalue weighted by molar-refractivity contribution is 6.30. The first-order valence-corrected chi connectivity index (χ1v) is 13.1. The highest BCUT2D eigenvalue weighted by Gasteiger charge is 2.55. The quantitative estimate of drug-likeness (QED) is 0.472. The maximum Gasteiger partial charge on any atom is 0.391 e. The first kappa shape index (κ1) is 23.4. The van der Waals surface area contributed by atoms with E-state index >= 15 is 0 Å². The monoisotopic (exact) mass is 529 g/mol. The number of anilines is 1. The molecular weight excluding hydrogens is 503 g/mol. The summed E-state index contributed by atoms with van der Waals surface area (Å²) in [6.45, 7) is 4.91. The predicted molar refractivity (Wildman–Crippen MR) is 132 cm³/mol. The Hall–Kier alpha value is -2.72. The molecule has 2 aliphatic heterocycles. The molecule has 3 fully saturated rings. The van der Waals surface area contributed by atoms with Gasteiger partial charge in [0.1, 0.15) is 11.6 Å². The summed E-state index contributed by atoms with van der Waals surface area (Å²) in [4.78, 5) is 13.3. The summed E-state index contributed by atoms with van der Waals surface area (Å²) >= 11 is 6.35. The zero-order valence-electron chi connectivity index (χ0n) is 20.4. The molecule has 1 saturated heterocycles. The van der Waals surface area contributed by atoms with Crippen molar-refractivity contribution in [1.29, 1.82) is 0 Å². The number of hydrogen-bond acceptors (Lipinski definition) is 6. The number of nitrogens with zero attached hydrogens (tertiary/aromatic N) is 7. The number of aromatic nitrogens is 5. The molecule has 7 nitrogen and oxygen atoms in total. The summed E-state index contributed by atoms with van der Waals surface area (Å²) in [6.07, 6.45) is 1.79. The molecule has 0 atom stereocenters. The van der Waals surface area contributed by atoms with Crippen molar-refractivity contribution in [1.82, 2.24) is 29.6 Å². The molecule has 2 saturated carbocycles. The fourth-order valence-corrected chi connectivity index (χ4v) is 6.88. The van der Waals surface area contributed by atoms with E-state index in [1.165, 1.54) is 0 Å². The smallest absolute Gasteiger partial charge is 0.354 e. The van der Waals surface area contributed by atoms with Crippen LogP contribution in [-0.2, 0) is 13.1 Å². The molecule has 11 heteroatoms. The van der Waals surface area contributed by atoms with Gasteiger partial charge >= 0.3 is 6.18 Å². The highest BCUT2D eigenvalue weighted by Crippen LogP contribution is 2.56. The maximum absolute atomic E-state index is 13.2. The first-order valence-electron chi connectivity index (χ1n) is 12.7. The van der Waals surface area contributed by atoms with Gasteiger partial charge < -0.3 is 4.90 Å². The molecule has 3 aromatic rings. The summed E-state index contributed by atoms with van der Waals surface area (Å²) < 4.78 is 41.6. The summed E-state index contributed by atoms with van der Waals surface area (Å²) in [5.41, 5.74) is 3.17. The van der Waals surface area contributed by atoms with Crippen LogP contribution < -0.4 is 4.90 Å². The van der Waals surface area contributed by atoms with Crippen molar-refractivity contribution >= 4 is 17.4 Å². The van der Waals surface area contributed by atoms with Gasteiger partial charge in [-0.25, -0.2) is 4.98 Å². The van der Waals surface area contributed by atoms with Crippen LogP contribution in [0, 0.1) is 18.3 Å². The third kappa shape index (κ3) is 3.91. The van der Waals surface area contributed by atoms with Crippen molar-refractivity contribution in [3.8, 4) is 5.69 Å². The average molecular weight is 530 g/mol. The fourth-order valence-electron chi connectivity index (χ4n) is 6.68. The molecule has 4 aliphatic rings. The van der Waals surface area contributed by atoms with Gasteiger partial charge in [-0.1, -0.05) is 11.6 Å². The van der Waals surface area contributed by atoms with Gasteiger partial charge in [-0.15, -0.1) is 10.2 Å². The number of alkyl halides is 3. The molecule has 194 valence electrons. The van der Waals surface area contributed by atoms with Crippen LogP contribution in [0.4, 0.5) is 19.0 Å². The number of fused-ring (bicyclic) bond motifs is 3. The second kappa shape index (κ2) is 8.14. The predicted octanol–water partition coefficient (Wildman–Crippen LogP) is 5.06. The van der Waals surface area contributed by atoms with Crippen molar-refractivity contribution in [3.63, 3.8) is 0 Å². The van der Waals surface area contributed by atoms with Crippen molar-refractivity contribution in [2.75, 3.05) is 18.0 Å². The van der Waals surface area contributed by atoms with E-state index in [0.717, 1.165) is 60.3 Å². The topological polar surface area (TPSA) is 63.0 Å². The zero-order valence-corrected chi connectivity index (χ0v) is 21.2. The van der Waals surface area contributed by atoms with E-state index in [1.54, 1.807) is 6.20 Å². The van der Waals surface area contributed by atoms with Gasteiger partial charge in [-0.3, -0.25) is 14.5 Å². The molecule has 0 amide bonds. The minimum atomic E-state index is -4.13. The van der Waals surface area contributed by atoms with Crippen LogP contribution in [0.1, 0.15) is 54.5 Å². The molecular formula is C26H27ClF3N7. The Labute approximate surface area is 217 Å².